The second-order valence-electron chi connectivity index (χ2n) is 4.80. The standard InChI is InChI=1S/C16H18FNO3/c1-2-21-16(20)14-8-5-11-18(14)15(19)10-9-12-6-3-4-7-13(12)17/h3-4,6-7,9-10,14H,2,5,8,11H2,1H3. The third-order valence-corrected chi connectivity index (χ3v) is 3.41. The largest absolute Gasteiger partial charge is 0.464 e. The molecule has 0 spiro atoms. The summed E-state index contributed by atoms with van der Waals surface area (Å²) in [5.41, 5.74) is 0.345. The highest BCUT2D eigenvalue weighted by molar-refractivity contribution is 5.95. The van der Waals surface area contributed by atoms with Gasteiger partial charge in [0.2, 0.25) is 5.91 Å². The summed E-state index contributed by atoms with van der Waals surface area (Å²) in [4.78, 5) is 25.4. The van der Waals surface area contributed by atoms with Crippen LogP contribution in [0.5, 0.6) is 0 Å². The Hall–Kier alpha value is -2.17. The molecular formula is C16H18FNO3. The zero-order chi connectivity index (χ0) is 15.2. The molecule has 0 bridgehead atoms. The number of hydrogen-bond acceptors (Lipinski definition) is 3. The van der Waals surface area contributed by atoms with Crippen molar-refractivity contribution < 1.29 is 18.7 Å². The Morgan fingerprint density at radius 2 is 2.19 bits per heavy atom. The van der Waals surface area contributed by atoms with Gasteiger partial charge >= 0.3 is 5.97 Å². The number of carbonyl (C=O) groups excluding carboxylic acids is 2. The summed E-state index contributed by atoms with van der Waals surface area (Å²) in [5, 5.41) is 0. The quantitative estimate of drug-likeness (QED) is 0.632. The fourth-order valence-corrected chi connectivity index (χ4v) is 2.38. The van der Waals surface area contributed by atoms with E-state index in [1.807, 2.05) is 0 Å². The summed E-state index contributed by atoms with van der Waals surface area (Å²) in [5.74, 6) is -1.05. The predicted octanol–water partition coefficient (Wildman–Crippen LogP) is 2.39. The van der Waals surface area contributed by atoms with Gasteiger partial charge in [-0.05, 0) is 31.9 Å². The maximum atomic E-state index is 13.5. The lowest BCUT2D eigenvalue weighted by molar-refractivity contribution is -0.151. The second-order valence-corrected chi connectivity index (χ2v) is 4.80. The lowest BCUT2D eigenvalue weighted by Gasteiger charge is -2.21. The number of nitrogens with zero attached hydrogens (tertiary/aromatic N) is 1. The van der Waals surface area contributed by atoms with E-state index in [-0.39, 0.29) is 17.7 Å². The molecule has 1 aromatic rings. The number of amides is 1. The molecule has 1 unspecified atom stereocenters. The monoisotopic (exact) mass is 291 g/mol. The Morgan fingerprint density at radius 1 is 1.43 bits per heavy atom. The zero-order valence-corrected chi connectivity index (χ0v) is 11.9. The first-order valence-corrected chi connectivity index (χ1v) is 7.03. The summed E-state index contributed by atoms with van der Waals surface area (Å²) in [6.45, 7) is 2.55. The number of halogens is 1. The summed E-state index contributed by atoms with van der Waals surface area (Å²) in [6, 6.07) is 5.69. The van der Waals surface area contributed by atoms with Gasteiger partial charge in [0, 0.05) is 18.2 Å². The van der Waals surface area contributed by atoms with E-state index < -0.39 is 6.04 Å². The molecule has 0 aromatic heterocycles. The molecule has 21 heavy (non-hydrogen) atoms. The molecule has 0 N–H and O–H groups in total. The summed E-state index contributed by atoms with van der Waals surface area (Å²) in [7, 11) is 0. The molecule has 0 radical (unpaired) electrons. The molecule has 1 aliphatic rings. The number of benzene rings is 1. The van der Waals surface area contributed by atoms with E-state index in [0.29, 0.717) is 25.1 Å². The first-order valence-electron chi connectivity index (χ1n) is 7.03. The average molecular weight is 291 g/mol. The minimum atomic E-state index is -0.525. The van der Waals surface area contributed by atoms with Gasteiger partial charge in [-0.1, -0.05) is 18.2 Å². The highest BCUT2D eigenvalue weighted by atomic mass is 19.1. The summed E-state index contributed by atoms with van der Waals surface area (Å²) in [6.07, 6.45) is 4.11. The van der Waals surface area contributed by atoms with Gasteiger partial charge in [0.15, 0.2) is 0 Å². The van der Waals surface area contributed by atoms with E-state index in [1.54, 1.807) is 25.1 Å². The fraction of sp³-hybridized carbons (Fsp3) is 0.375. The van der Waals surface area contributed by atoms with Gasteiger partial charge in [-0.3, -0.25) is 4.79 Å². The average Bonchev–Trinajstić information content (AvgIpc) is 2.96. The van der Waals surface area contributed by atoms with Crippen molar-refractivity contribution in [3.05, 3.63) is 41.7 Å². The molecule has 1 atom stereocenters. The molecular weight excluding hydrogens is 273 g/mol. The van der Waals surface area contributed by atoms with Gasteiger partial charge in [0.1, 0.15) is 11.9 Å². The number of likely N-dealkylation sites (tertiary alicyclic amines) is 1. The maximum absolute atomic E-state index is 13.5. The smallest absolute Gasteiger partial charge is 0.328 e. The van der Waals surface area contributed by atoms with Gasteiger partial charge in [-0.25, -0.2) is 9.18 Å². The molecule has 2 rings (SSSR count). The molecule has 112 valence electrons. The van der Waals surface area contributed by atoms with Crippen molar-refractivity contribution in [2.24, 2.45) is 0 Å². The van der Waals surface area contributed by atoms with Gasteiger partial charge in [-0.15, -0.1) is 0 Å². The number of ether oxygens (including phenoxy) is 1. The third-order valence-electron chi connectivity index (χ3n) is 3.41. The van der Waals surface area contributed by atoms with Gasteiger partial charge in [0.05, 0.1) is 6.61 Å². The van der Waals surface area contributed by atoms with Crippen LogP contribution in [-0.2, 0) is 14.3 Å². The Balaban J connectivity index is 2.05. The molecule has 1 heterocycles. The van der Waals surface area contributed by atoms with E-state index in [0.717, 1.165) is 6.42 Å². The van der Waals surface area contributed by atoms with Crippen LogP contribution in [0.3, 0.4) is 0 Å². The molecule has 1 saturated heterocycles. The van der Waals surface area contributed by atoms with Crippen LogP contribution in [0.4, 0.5) is 4.39 Å². The van der Waals surface area contributed by atoms with Crippen LogP contribution in [-0.4, -0.2) is 36.0 Å². The van der Waals surface area contributed by atoms with Crippen molar-refractivity contribution in [1.82, 2.24) is 4.90 Å². The van der Waals surface area contributed by atoms with E-state index >= 15 is 0 Å². The minimum absolute atomic E-state index is 0.294. The van der Waals surface area contributed by atoms with Crippen molar-refractivity contribution in [2.75, 3.05) is 13.2 Å². The topological polar surface area (TPSA) is 46.6 Å². The fourth-order valence-electron chi connectivity index (χ4n) is 2.38. The van der Waals surface area contributed by atoms with Crippen LogP contribution in [0.1, 0.15) is 25.3 Å². The lowest BCUT2D eigenvalue weighted by atomic mass is 10.2. The number of esters is 1. The Bertz CT molecular complexity index is 556. The van der Waals surface area contributed by atoms with E-state index in [4.69, 9.17) is 4.74 Å². The molecule has 0 saturated carbocycles. The summed E-state index contributed by atoms with van der Waals surface area (Å²) < 4.78 is 18.4. The Kier molecular flexibility index (Phi) is 5.09. The van der Waals surface area contributed by atoms with E-state index in [2.05, 4.69) is 0 Å². The molecule has 1 aromatic carbocycles. The van der Waals surface area contributed by atoms with Gasteiger partial charge < -0.3 is 9.64 Å². The van der Waals surface area contributed by atoms with Crippen molar-refractivity contribution in [3.63, 3.8) is 0 Å². The van der Waals surface area contributed by atoms with Gasteiger partial charge in [0.25, 0.3) is 0 Å². The first kappa shape index (κ1) is 15.2. The number of rotatable bonds is 4. The van der Waals surface area contributed by atoms with Crippen molar-refractivity contribution in [2.45, 2.75) is 25.8 Å². The van der Waals surface area contributed by atoms with E-state index in [9.17, 15) is 14.0 Å². The highest BCUT2D eigenvalue weighted by Crippen LogP contribution is 2.19. The van der Waals surface area contributed by atoms with Crippen LogP contribution in [0.2, 0.25) is 0 Å². The Morgan fingerprint density at radius 3 is 2.90 bits per heavy atom. The molecule has 1 aliphatic heterocycles. The van der Waals surface area contributed by atoms with Crippen molar-refractivity contribution in [3.8, 4) is 0 Å². The molecule has 1 amide bonds. The normalized spacial score (nSPS) is 18.2. The SMILES string of the molecule is CCOC(=O)C1CCCN1C(=O)C=Cc1ccccc1F. The second kappa shape index (κ2) is 7.02. The van der Waals surface area contributed by atoms with Crippen LogP contribution in [0.15, 0.2) is 30.3 Å². The molecule has 1 fully saturated rings. The minimum Gasteiger partial charge on any atom is -0.464 e. The first-order chi connectivity index (χ1) is 10.1. The van der Waals surface area contributed by atoms with Crippen LogP contribution >= 0.6 is 0 Å². The highest BCUT2D eigenvalue weighted by Gasteiger charge is 2.34. The zero-order valence-electron chi connectivity index (χ0n) is 11.9. The van der Waals surface area contributed by atoms with Gasteiger partial charge in [-0.2, -0.15) is 0 Å². The molecule has 0 aliphatic carbocycles. The number of hydrogen-bond donors (Lipinski definition) is 0. The molecule has 5 heteroatoms. The van der Waals surface area contributed by atoms with Crippen LogP contribution < -0.4 is 0 Å². The van der Waals surface area contributed by atoms with Crippen molar-refractivity contribution >= 4 is 18.0 Å². The third kappa shape index (κ3) is 3.68. The lowest BCUT2D eigenvalue weighted by Crippen LogP contribution is -2.40. The Labute approximate surface area is 123 Å². The maximum Gasteiger partial charge on any atom is 0.328 e. The van der Waals surface area contributed by atoms with E-state index in [1.165, 1.54) is 23.1 Å². The predicted molar refractivity (Wildman–Crippen MR) is 76.8 cm³/mol. The van der Waals surface area contributed by atoms with Crippen LogP contribution in [0.25, 0.3) is 6.08 Å². The van der Waals surface area contributed by atoms with Crippen molar-refractivity contribution in [1.29, 1.82) is 0 Å². The molecule has 4 nitrogen and oxygen atoms in total. The van der Waals surface area contributed by atoms with Crippen LogP contribution in [0, 0.1) is 5.82 Å². The summed E-state index contributed by atoms with van der Waals surface area (Å²) >= 11 is 0. The number of carbonyl (C=O) groups is 2.